The average Bonchev–Trinajstić information content (AvgIpc) is 2.90. The molecule has 3 aliphatic rings. The van der Waals surface area contributed by atoms with Crippen molar-refractivity contribution in [1.82, 2.24) is 0 Å². The lowest BCUT2D eigenvalue weighted by molar-refractivity contribution is -0.140. The molecule has 0 aromatic rings. The van der Waals surface area contributed by atoms with Gasteiger partial charge in [0.15, 0.2) is 0 Å². The minimum atomic E-state index is -0.233. The Balaban J connectivity index is 1.87. The van der Waals surface area contributed by atoms with E-state index < -0.39 is 0 Å². The molecule has 98 valence electrons. The lowest BCUT2D eigenvalue weighted by atomic mass is 9.84. The minimum Gasteiger partial charge on any atom is -0.455 e. The standard InChI is InChI=1S/C15H20O3/c1-9-5-4-8-15(3)13(18-15)12-11(7-6-9)10(2)14(16)17-12/h5,11-13H,2,4,6-8H2,1,3H3/t11?,12-,13?,15?/m0/s1. The topological polar surface area (TPSA) is 38.8 Å². The summed E-state index contributed by atoms with van der Waals surface area (Å²) in [5.41, 5.74) is 1.91. The lowest BCUT2D eigenvalue weighted by Crippen LogP contribution is -2.28. The van der Waals surface area contributed by atoms with Crippen molar-refractivity contribution < 1.29 is 14.3 Å². The Kier molecular flexibility index (Phi) is 2.63. The summed E-state index contributed by atoms with van der Waals surface area (Å²) in [7, 11) is 0. The highest BCUT2D eigenvalue weighted by Crippen LogP contribution is 2.49. The van der Waals surface area contributed by atoms with Gasteiger partial charge < -0.3 is 9.47 Å². The van der Waals surface area contributed by atoms with Crippen LogP contribution in [0.3, 0.4) is 0 Å². The van der Waals surface area contributed by atoms with Crippen LogP contribution in [0.1, 0.15) is 39.5 Å². The smallest absolute Gasteiger partial charge is 0.334 e. The van der Waals surface area contributed by atoms with Gasteiger partial charge in [-0.2, -0.15) is 0 Å². The quantitative estimate of drug-likeness (QED) is 0.286. The van der Waals surface area contributed by atoms with Crippen LogP contribution in [0.2, 0.25) is 0 Å². The van der Waals surface area contributed by atoms with Crippen LogP contribution < -0.4 is 0 Å². The minimum absolute atomic E-state index is 0.0671. The number of rotatable bonds is 0. The first kappa shape index (κ1) is 12.0. The van der Waals surface area contributed by atoms with Crippen molar-refractivity contribution in [1.29, 1.82) is 0 Å². The van der Waals surface area contributed by atoms with E-state index in [-0.39, 0.29) is 29.7 Å². The monoisotopic (exact) mass is 248 g/mol. The maximum Gasteiger partial charge on any atom is 0.334 e. The van der Waals surface area contributed by atoms with Gasteiger partial charge in [-0.25, -0.2) is 4.79 Å². The molecule has 0 aromatic carbocycles. The molecule has 3 unspecified atom stereocenters. The summed E-state index contributed by atoms with van der Waals surface area (Å²) in [5.74, 6) is -0.102. The zero-order valence-corrected chi connectivity index (χ0v) is 11.1. The van der Waals surface area contributed by atoms with Gasteiger partial charge in [0.25, 0.3) is 0 Å². The molecule has 18 heavy (non-hydrogen) atoms. The van der Waals surface area contributed by atoms with E-state index in [1.54, 1.807) is 0 Å². The van der Waals surface area contributed by atoms with Gasteiger partial charge in [0, 0.05) is 11.5 Å². The molecule has 0 spiro atoms. The Morgan fingerprint density at radius 3 is 3.06 bits per heavy atom. The molecule has 0 amide bonds. The number of ether oxygens (including phenoxy) is 2. The van der Waals surface area contributed by atoms with Crippen molar-refractivity contribution in [2.75, 3.05) is 0 Å². The molecule has 0 saturated carbocycles. The van der Waals surface area contributed by atoms with Gasteiger partial charge in [-0.15, -0.1) is 0 Å². The molecule has 4 atom stereocenters. The molecule has 2 saturated heterocycles. The summed E-state index contributed by atoms with van der Waals surface area (Å²) in [6.45, 7) is 8.17. The van der Waals surface area contributed by atoms with Crippen LogP contribution in [-0.2, 0) is 14.3 Å². The van der Waals surface area contributed by atoms with Crippen LogP contribution in [0, 0.1) is 5.92 Å². The highest BCUT2D eigenvalue weighted by molar-refractivity contribution is 5.91. The van der Waals surface area contributed by atoms with E-state index in [9.17, 15) is 4.79 Å². The number of esters is 1. The van der Waals surface area contributed by atoms with Crippen LogP contribution in [0.15, 0.2) is 23.8 Å². The Bertz CT molecular complexity index is 437. The van der Waals surface area contributed by atoms with Crippen LogP contribution in [0.25, 0.3) is 0 Å². The fourth-order valence-electron chi connectivity index (χ4n) is 3.20. The summed E-state index contributed by atoms with van der Waals surface area (Å²) >= 11 is 0. The SMILES string of the molecule is C=C1C(=O)O[C@H]2C1CCC(C)=CCCC1(C)OC21. The van der Waals surface area contributed by atoms with E-state index in [0.717, 1.165) is 25.7 Å². The zero-order chi connectivity index (χ0) is 12.9. The molecule has 0 radical (unpaired) electrons. The summed E-state index contributed by atoms with van der Waals surface area (Å²) in [6, 6.07) is 0. The Hall–Kier alpha value is -1.09. The van der Waals surface area contributed by atoms with Crippen molar-refractivity contribution in [2.45, 2.75) is 57.3 Å². The second-order valence-electron chi connectivity index (χ2n) is 5.98. The van der Waals surface area contributed by atoms with Crippen LogP contribution in [0.5, 0.6) is 0 Å². The summed E-state index contributed by atoms with van der Waals surface area (Å²) in [6.07, 6.45) is 6.25. The number of hydrogen-bond acceptors (Lipinski definition) is 3. The third-order valence-corrected chi connectivity index (χ3v) is 4.57. The van der Waals surface area contributed by atoms with Gasteiger partial charge in [-0.05, 0) is 39.5 Å². The summed E-state index contributed by atoms with van der Waals surface area (Å²) < 4.78 is 11.3. The zero-order valence-electron chi connectivity index (χ0n) is 11.1. The van der Waals surface area contributed by atoms with Gasteiger partial charge in [-0.1, -0.05) is 18.2 Å². The molecule has 3 nitrogen and oxygen atoms in total. The Morgan fingerprint density at radius 1 is 1.50 bits per heavy atom. The molecule has 2 aliphatic heterocycles. The molecule has 3 rings (SSSR count). The van der Waals surface area contributed by atoms with E-state index in [2.05, 4.69) is 26.5 Å². The molecule has 0 bridgehead atoms. The number of carbonyl (C=O) groups excluding carboxylic acids is 1. The number of fused-ring (bicyclic) bond motifs is 3. The Labute approximate surface area is 108 Å². The maximum absolute atomic E-state index is 11.7. The van der Waals surface area contributed by atoms with E-state index >= 15 is 0 Å². The Morgan fingerprint density at radius 2 is 2.28 bits per heavy atom. The summed E-state index contributed by atoms with van der Waals surface area (Å²) in [5, 5.41) is 0. The number of carbonyl (C=O) groups is 1. The largest absolute Gasteiger partial charge is 0.455 e. The fourth-order valence-corrected chi connectivity index (χ4v) is 3.20. The molecule has 0 aromatic heterocycles. The second-order valence-corrected chi connectivity index (χ2v) is 5.98. The first-order valence-corrected chi connectivity index (χ1v) is 6.74. The highest BCUT2D eigenvalue weighted by atomic mass is 16.6. The van der Waals surface area contributed by atoms with E-state index in [4.69, 9.17) is 9.47 Å². The highest BCUT2D eigenvalue weighted by Gasteiger charge is 2.61. The van der Waals surface area contributed by atoms with E-state index in [0.29, 0.717) is 5.57 Å². The maximum atomic E-state index is 11.7. The van der Waals surface area contributed by atoms with E-state index in [1.807, 2.05) is 0 Å². The predicted molar refractivity (Wildman–Crippen MR) is 68.0 cm³/mol. The molecule has 0 N–H and O–H groups in total. The third kappa shape index (κ3) is 1.81. The van der Waals surface area contributed by atoms with Crippen LogP contribution in [-0.4, -0.2) is 23.8 Å². The van der Waals surface area contributed by atoms with Crippen molar-refractivity contribution in [3.63, 3.8) is 0 Å². The van der Waals surface area contributed by atoms with Crippen molar-refractivity contribution in [3.05, 3.63) is 23.8 Å². The number of epoxide rings is 1. The molecule has 2 heterocycles. The molecule has 3 heteroatoms. The van der Waals surface area contributed by atoms with Gasteiger partial charge in [0.2, 0.25) is 0 Å². The van der Waals surface area contributed by atoms with Crippen molar-refractivity contribution in [3.8, 4) is 0 Å². The fraction of sp³-hybridized carbons (Fsp3) is 0.667. The molecular weight excluding hydrogens is 228 g/mol. The number of hydrogen-bond donors (Lipinski definition) is 0. The first-order valence-electron chi connectivity index (χ1n) is 6.74. The summed E-state index contributed by atoms with van der Waals surface area (Å²) in [4.78, 5) is 11.7. The van der Waals surface area contributed by atoms with Crippen LogP contribution in [0.4, 0.5) is 0 Å². The average molecular weight is 248 g/mol. The van der Waals surface area contributed by atoms with Crippen molar-refractivity contribution >= 4 is 5.97 Å². The normalized spacial score (nSPS) is 43.7. The first-order chi connectivity index (χ1) is 8.51. The van der Waals surface area contributed by atoms with Gasteiger partial charge in [0.05, 0.1) is 5.60 Å². The molecule has 2 fully saturated rings. The van der Waals surface area contributed by atoms with E-state index in [1.165, 1.54) is 5.57 Å². The second kappa shape index (κ2) is 3.95. The lowest BCUT2D eigenvalue weighted by Gasteiger charge is -2.19. The van der Waals surface area contributed by atoms with Gasteiger partial charge in [-0.3, -0.25) is 0 Å². The molecule has 1 aliphatic carbocycles. The van der Waals surface area contributed by atoms with Gasteiger partial charge in [0.1, 0.15) is 12.2 Å². The number of allylic oxidation sites excluding steroid dienone is 2. The van der Waals surface area contributed by atoms with Gasteiger partial charge >= 0.3 is 5.97 Å². The predicted octanol–water partition coefficient (Wildman–Crippen LogP) is 2.76. The van der Waals surface area contributed by atoms with Crippen LogP contribution >= 0.6 is 0 Å². The third-order valence-electron chi connectivity index (χ3n) is 4.57. The molecular formula is C15H20O3. The van der Waals surface area contributed by atoms with Crippen molar-refractivity contribution in [2.24, 2.45) is 5.92 Å².